The summed E-state index contributed by atoms with van der Waals surface area (Å²) in [5, 5.41) is 18.3. The highest BCUT2D eigenvalue weighted by Gasteiger charge is 2.13. The SMILES string of the molecule is COc1cc(NC(=O)CCc2ccc(Cl)cc2)ccc1C(C=N)C=N. The Balaban J connectivity index is 2.01. The van der Waals surface area contributed by atoms with E-state index in [0.717, 1.165) is 5.56 Å². The van der Waals surface area contributed by atoms with Crippen molar-refractivity contribution in [1.82, 2.24) is 0 Å². The first-order valence-electron chi connectivity index (χ1n) is 7.80. The van der Waals surface area contributed by atoms with Crippen LogP contribution in [0.15, 0.2) is 42.5 Å². The fourth-order valence-electron chi connectivity index (χ4n) is 2.42. The number of ether oxygens (including phenoxy) is 1. The highest BCUT2D eigenvalue weighted by Crippen LogP contribution is 2.28. The topological polar surface area (TPSA) is 86.0 Å². The predicted molar refractivity (Wildman–Crippen MR) is 102 cm³/mol. The van der Waals surface area contributed by atoms with Crippen molar-refractivity contribution in [2.24, 2.45) is 0 Å². The van der Waals surface area contributed by atoms with Crippen LogP contribution in [0.25, 0.3) is 0 Å². The summed E-state index contributed by atoms with van der Waals surface area (Å²) < 4.78 is 5.32. The van der Waals surface area contributed by atoms with Crippen molar-refractivity contribution in [3.05, 3.63) is 58.6 Å². The smallest absolute Gasteiger partial charge is 0.224 e. The molecule has 0 saturated heterocycles. The summed E-state index contributed by atoms with van der Waals surface area (Å²) in [6.07, 6.45) is 3.33. The van der Waals surface area contributed by atoms with Crippen LogP contribution in [0.1, 0.15) is 23.5 Å². The molecule has 0 atom stereocenters. The van der Waals surface area contributed by atoms with Gasteiger partial charge in [0, 0.05) is 41.2 Å². The minimum Gasteiger partial charge on any atom is -0.496 e. The predicted octanol–water partition coefficient (Wildman–Crippen LogP) is 4.30. The summed E-state index contributed by atoms with van der Waals surface area (Å²) in [6, 6.07) is 12.6. The molecule has 2 aromatic rings. The van der Waals surface area contributed by atoms with Crippen molar-refractivity contribution in [2.45, 2.75) is 18.8 Å². The van der Waals surface area contributed by atoms with Gasteiger partial charge in [0.1, 0.15) is 5.75 Å². The van der Waals surface area contributed by atoms with Crippen LogP contribution in [0.4, 0.5) is 5.69 Å². The van der Waals surface area contributed by atoms with Crippen LogP contribution < -0.4 is 10.1 Å². The van der Waals surface area contributed by atoms with Gasteiger partial charge in [-0.05, 0) is 30.2 Å². The number of aryl methyl sites for hydroxylation is 1. The summed E-state index contributed by atoms with van der Waals surface area (Å²) >= 11 is 5.85. The Labute approximate surface area is 152 Å². The van der Waals surface area contributed by atoms with E-state index in [1.807, 2.05) is 12.1 Å². The van der Waals surface area contributed by atoms with Crippen LogP contribution in [0.3, 0.4) is 0 Å². The largest absolute Gasteiger partial charge is 0.496 e. The number of carbonyl (C=O) groups is 1. The van der Waals surface area contributed by atoms with E-state index in [2.05, 4.69) is 5.32 Å². The van der Waals surface area contributed by atoms with E-state index >= 15 is 0 Å². The molecule has 0 aromatic heterocycles. The Morgan fingerprint density at radius 2 is 1.88 bits per heavy atom. The minimum atomic E-state index is -0.440. The molecule has 2 rings (SSSR count). The molecule has 0 heterocycles. The number of benzene rings is 2. The van der Waals surface area contributed by atoms with Gasteiger partial charge in [0.15, 0.2) is 0 Å². The second-order valence-electron chi connectivity index (χ2n) is 5.49. The van der Waals surface area contributed by atoms with E-state index in [4.69, 9.17) is 27.2 Å². The Morgan fingerprint density at radius 1 is 1.20 bits per heavy atom. The van der Waals surface area contributed by atoms with Gasteiger partial charge in [0.05, 0.1) is 13.0 Å². The third-order valence-electron chi connectivity index (χ3n) is 3.79. The summed E-state index contributed by atoms with van der Waals surface area (Å²) in [7, 11) is 1.52. The number of nitrogens with one attached hydrogen (secondary N) is 3. The number of hydrogen-bond donors (Lipinski definition) is 3. The van der Waals surface area contributed by atoms with Crippen molar-refractivity contribution in [2.75, 3.05) is 12.4 Å². The second kappa shape index (κ2) is 8.99. The maximum absolute atomic E-state index is 12.1. The molecule has 0 fully saturated rings. The van der Waals surface area contributed by atoms with Gasteiger partial charge in [-0.15, -0.1) is 0 Å². The molecule has 5 nitrogen and oxygen atoms in total. The summed E-state index contributed by atoms with van der Waals surface area (Å²) in [5.74, 6) is -0.00230. The van der Waals surface area contributed by atoms with Crippen molar-refractivity contribution in [3.63, 3.8) is 0 Å². The number of carbonyl (C=O) groups excluding carboxylic acids is 1. The number of halogens is 1. The van der Waals surface area contributed by atoms with E-state index in [1.165, 1.54) is 19.5 Å². The number of hydrogen-bond acceptors (Lipinski definition) is 4. The minimum absolute atomic E-state index is 0.0968. The van der Waals surface area contributed by atoms with Gasteiger partial charge in [0.25, 0.3) is 0 Å². The highest BCUT2D eigenvalue weighted by atomic mass is 35.5. The van der Waals surface area contributed by atoms with Crippen molar-refractivity contribution in [3.8, 4) is 5.75 Å². The molecule has 25 heavy (non-hydrogen) atoms. The number of methoxy groups -OCH3 is 1. The van der Waals surface area contributed by atoms with Crippen molar-refractivity contribution >= 4 is 35.6 Å². The van der Waals surface area contributed by atoms with Crippen LogP contribution >= 0.6 is 11.6 Å². The maximum Gasteiger partial charge on any atom is 0.224 e. The van der Waals surface area contributed by atoms with Crippen LogP contribution in [0.2, 0.25) is 5.02 Å². The Bertz CT molecular complexity index is 752. The zero-order valence-electron chi connectivity index (χ0n) is 13.9. The first kappa shape index (κ1) is 18.7. The van der Waals surface area contributed by atoms with E-state index in [9.17, 15) is 4.79 Å². The van der Waals surface area contributed by atoms with E-state index in [0.29, 0.717) is 34.9 Å². The lowest BCUT2D eigenvalue weighted by Gasteiger charge is -2.14. The van der Waals surface area contributed by atoms with Crippen molar-refractivity contribution in [1.29, 1.82) is 10.8 Å². The molecule has 0 bridgehead atoms. The molecule has 0 aliphatic heterocycles. The maximum atomic E-state index is 12.1. The molecule has 0 spiro atoms. The molecule has 2 aromatic carbocycles. The number of anilines is 1. The lowest BCUT2D eigenvalue weighted by atomic mass is 10.00. The summed E-state index contributed by atoms with van der Waals surface area (Å²) in [5.41, 5.74) is 2.38. The molecule has 0 aliphatic carbocycles. The third-order valence-corrected chi connectivity index (χ3v) is 4.04. The molecule has 3 N–H and O–H groups in total. The van der Waals surface area contributed by atoms with Gasteiger partial charge in [0.2, 0.25) is 5.91 Å². The first-order valence-corrected chi connectivity index (χ1v) is 8.18. The van der Waals surface area contributed by atoms with E-state index in [-0.39, 0.29) is 5.91 Å². The molecule has 0 unspecified atom stereocenters. The van der Waals surface area contributed by atoms with Gasteiger partial charge in [-0.25, -0.2) is 0 Å². The number of rotatable bonds is 8. The van der Waals surface area contributed by atoms with Crippen LogP contribution in [0.5, 0.6) is 5.75 Å². The van der Waals surface area contributed by atoms with Crippen LogP contribution in [-0.4, -0.2) is 25.4 Å². The summed E-state index contributed by atoms with van der Waals surface area (Å²) in [4.78, 5) is 12.1. The lowest BCUT2D eigenvalue weighted by Crippen LogP contribution is -2.13. The molecule has 130 valence electrons. The molecular weight excluding hydrogens is 338 g/mol. The first-order chi connectivity index (χ1) is 12.1. The average molecular weight is 358 g/mol. The molecule has 0 aliphatic rings. The van der Waals surface area contributed by atoms with Gasteiger partial charge >= 0.3 is 0 Å². The molecule has 6 heteroatoms. The number of amides is 1. The molecule has 1 amide bonds. The fraction of sp³-hybridized carbons (Fsp3) is 0.211. The molecular formula is C19H20ClN3O2. The van der Waals surface area contributed by atoms with E-state index in [1.54, 1.807) is 30.3 Å². The molecule has 0 radical (unpaired) electrons. The van der Waals surface area contributed by atoms with Gasteiger partial charge < -0.3 is 20.9 Å². The monoisotopic (exact) mass is 357 g/mol. The Hall–Kier alpha value is -2.66. The van der Waals surface area contributed by atoms with Gasteiger partial charge in [-0.1, -0.05) is 29.8 Å². The fourth-order valence-corrected chi connectivity index (χ4v) is 2.55. The molecule has 0 saturated carbocycles. The average Bonchev–Trinajstić information content (AvgIpc) is 2.63. The Morgan fingerprint density at radius 3 is 2.48 bits per heavy atom. The lowest BCUT2D eigenvalue weighted by molar-refractivity contribution is -0.116. The Kier molecular flexibility index (Phi) is 6.71. The summed E-state index contributed by atoms with van der Waals surface area (Å²) in [6.45, 7) is 0. The third kappa shape index (κ3) is 5.16. The normalized spacial score (nSPS) is 11.4. The zero-order chi connectivity index (χ0) is 18.2. The van der Waals surface area contributed by atoms with Crippen molar-refractivity contribution < 1.29 is 9.53 Å². The van der Waals surface area contributed by atoms with Crippen LogP contribution in [-0.2, 0) is 11.2 Å². The van der Waals surface area contributed by atoms with Crippen LogP contribution in [0, 0.1) is 10.8 Å². The van der Waals surface area contributed by atoms with Gasteiger partial charge in [-0.2, -0.15) is 0 Å². The second-order valence-corrected chi connectivity index (χ2v) is 5.93. The highest BCUT2D eigenvalue weighted by molar-refractivity contribution is 6.30. The quantitative estimate of drug-likeness (QED) is 0.615. The van der Waals surface area contributed by atoms with Gasteiger partial charge in [-0.3, -0.25) is 4.79 Å². The zero-order valence-corrected chi connectivity index (χ0v) is 14.6. The standard InChI is InChI=1S/C19H20ClN3O2/c1-25-18-10-16(7-8-17(18)14(11-21)12-22)23-19(24)9-4-13-2-5-15(20)6-3-13/h2-3,5-8,10-12,14,21-22H,4,9H2,1H3,(H,23,24). The van der Waals surface area contributed by atoms with E-state index < -0.39 is 5.92 Å².